The van der Waals surface area contributed by atoms with Crippen molar-refractivity contribution < 1.29 is 9.36 Å². The van der Waals surface area contributed by atoms with Gasteiger partial charge in [0.1, 0.15) is 17.9 Å². The molecule has 23 heavy (non-hydrogen) atoms. The predicted molar refractivity (Wildman–Crippen MR) is 88.4 cm³/mol. The number of nitrogens with two attached hydrogens (primary N) is 1. The fourth-order valence-corrected chi connectivity index (χ4v) is 2.88. The molecule has 0 saturated carbocycles. The Bertz CT molecular complexity index is 859. The third-order valence-corrected chi connectivity index (χ3v) is 4.30. The number of nitrogens with one attached hydrogen (secondary N) is 1. The van der Waals surface area contributed by atoms with Crippen molar-refractivity contribution in [1.29, 1.82) is 0 Å². The highest BCUT2D eigenvalue weighted by molar-refractivity contribution is 7.13. The largest absolute Gasteiger partial charge is 0.307 e. The highest BCUT2D eigenvalue weighted by Crippen LogP contribution is 2.16. The van der Waals surface area contributed by atoms with Crippen molar-refractivity contribution in [2.45, 2.75) is 6.54 Å². The Balaban J connectivity index is 1.84. The zero-order valence-corrected chi connectivity index (χ0v) is 13.8. The second-order valence-electron chi connectivity index (χ2n) is 4.82. The lowest BCUT2D eigenvalue weighted by atomic mass is 10.2. The van der Waals surface area contributed by atoms with Crippen LogP contribution in [0.1, 0.15) is 16.1 Å². The third kappa shape index (κ3) is 3.33. The van der Waals surface area contributed by atoms with Crippen LogP contribution in [0.2, 0.25) is 4.47 Å². The lowest BCUT2D eigenvalue weighted by Crippen LogP contribution is -2.39. The molecular formula is C14H14ClN6OS+. The van der Waals surface area contributed by atoms with Gasteiger partial charge in [0.05, 0.1) is 18.1 Å². The maximum absolute atomic E-state index is 12.4. The number of carbonyl (C=O) groups is 1. The van der Waals surface area contributed by atoms with Gasteiger partial charge in [0.25, 0.3) is 11.7 Å². The molecule has 0 atom stereocenters. The smallest absolute Gasteiger partial charge is 0.285 e. The van der Waals surface area contributed by atoms with E-state index in [0.717, 1.165) is 5.69 Å². The highest BCUT2D eigenvalue weighted by atomic mass is 35.5. The summed E-state index contributed by atoms with van der Waals surface area (Å²) in [4.78, 5) is 16.6. The molecule has 7 nitrogen and oxygen atoms in total. The number of hydrogen-bond acceptors (Lipinski definition) is 5. The SMILES string of the molecule is Cn1nccc1NC(=O)c1ccc[n+](Cc2csc(Cl)n2)c1N. The molecule has 3 aromatic heterocycles. The second-order valence-corrected chi connectivity index (χ2v) is 6.26. The minimum Gasteiger partial charge on any atom is -0.307 e. The van der Waals surface area contributed by atoms with Crippen molar-refractivity contribution in [2.75, 3.05) is 11.1 Å². The molecule has 118 valence electrons. The van der Waals surface area contributed by atoms with Crippen molar-refractivity contribution in [3.63, 3.8) is 0 Å². The number of aryl methyl sites for hydroxylation is 1. The number of halogens is 1. The van der Waals surface area contributed by atoms with Crippen LogP contribution in [0.15, 0.2) is 36.0 Å². The first-order valence-electron chi connectivity index (χ1n) is 6.72. The van der Waals surface area contributed by atoms with Gasteiger partial charge < -0.3 is 5.32 Å². The molecule has 0 bridgehead atoms. The molecule has 3 heterocycles. The van der Waals surface area contributed by atoms with E-state index in [1.54, 1.807) is 46.9 Å². The minimum atomic E-state index is -0.295. The van der Waals surface area contributed by atoms with Gasteiger partial charge in [-0.25, -0.2) is 9.55 Å². The van der Waals surface area contributed by atoms with Gasteiger partial charge in [0, 0.05) is 18.5 Å². The lowest BCUT2D eigenvalue weighted by Gasteiger charge is -2.08. The fraction of sp³-hybridized carbons (Fsp3) is 0.143. The Hall–Kier alpha value is -2.45. The van der Waals surface area contributed by atoms with E-state index in [0.29, 0.717) is 28.2 Å². The topological polar surface area (TPSA) is 89.7 Å². The van der Waals surface area contributed by atoms with Gasteiger partial charge in [-0.15, -0.1) is 11.3 Å². The Morgan fingerprint density at radius 2 is 2.35 bits per heavy atom. The molecule has 0 saturated heterocycles. The number of carbonyl (C=O) groups excluding carboxylic acids is 1. The van der Waals surface area contributed by atoms with Crippen LogP contribution in [0, 0.1) is 0 Å². The molecule has 3 N–H and O–H groups in total. The molecule has 0 aliphatic rings. The van der Waals surface area contributed by atoms with E-state index in [1.807, 2.05) is 5.38 Å². The first-order chi connectivity index (χ1) is 11.0. The van der Waals surface area contributed by atoms with E-state index in [4.69, 9.17) is 17.3 Å². The van der Waals surface area contributed by atoms with Crippen molar-refractivity contribution in [1.82, 2.24) is 14.8 Å². The number of hydrogen-bond donors (Lipinski definition) is 2. The highest BCUT2D eigenvalue weighted by Gasteiger charge is 2.19. The Kier molecular flexibility index (Phi) is 4.26. The van der Waals surface area contributed by atoms with Gasteiger partial charge in [-0.2, -0.15) is 5.10 Å². The molecule has 0 radical (unpaired) electrons. The lowest BCUT2D eigenvalue weighted by molar-refractivity contribution is -0.674. The zero-order chi connectivity index (χ0) is 16.4. The quantitative estimate of drug-likeness (QED) is 0.701. The van der Waals surface area contributed by atoms with Crippen LogP contribution < -0.4 is 15.6 Å². The van der Waals surface area contributed by atoms with Crippen molar-refractivity contribution in [3.8, 4) is 0 Å². The maximum atomic E-state index is 12.4. The molecule has 3 aromatic rings. The van der Waals surface area contributed by atoms with E-state index in [2.05, 4.69) is 15.4 Å². The molecule has 1 amide bonds. The van der Waals surface area contributed by atoms with Crippen LogP contribution >= 0.6 is 22.9 Å². The molecule has 0 fully saturated rings. The van der Waals surface area contributed by atoms with Crippen LogP contribution in [0.25, 0.3) is 0 Å². The number of pyridine rings is 1. The van der Waals surface area contributed by atoms with Gasteiger partial charge in [-0.1, -0.05) is 11.6 Å². The summed E-state index contributed by atoms with van der Waals surface area (Å²) in [5.41, 5.74) is 7.31. The summed E-state index contributed by atoms with van der Waals surface area (Å²) in [7, 11) is 1.75. The number of rotatable bonds is 4. The number of nitrogen functional groups attached to an aromatic ring is 1. The Morgan fingerprint density at radius 1 is 1.52 bits per heavy atom. The van der Waals surface area contributed by atoms with Gasteiger partial charge in [-0.3, -0.25) is 15.2 Å². The number of nitrogens with zero attached hydrogens (tertiary/aromatic N) is 4. The average Bonchev–Trinajstić information content (AvgIpc) is 3.10. The molecule has 0 aliphatic heterocycles. The summed E-state index contributed by atoms with van der Waals surface area (Å²) in [6.45, 7) is 0.446. The average molecular weight is 350 g/mol. The predicted octanol–water partition coefficient (Wildman–Crippen LogP) is 1.70. The van der Waals surface area contributed by atoms with E-state index < -0.39 is 0 Å². The first-order valence-corrected chi connectivity index (χ1v) is 7.97. The van der Waals surface area contributed by atoms with Crippen molar-refractivity contribution >= 4 is 40.5 Å². The summed E-state index contributed by atoms with van der Waals surface area (Å²) < 4.78 is 3.80. The van der Waals surface area contributed by atoms with Gasteiger partial charge in [0.2, 0.25) is 0 Å². The summed E-state index contributed by atoms with van der Waals surface area (Å²) in [5.74, 6) is 0.657. The van der Waals surface area contributed by atoms with Crippen LogP contribution in [0.3, 0.4) is 0 Å². The second kappa shape index (κ2) is 6.35. The number of thiazole rings is 1. The third-order valence-electron chi connectivity index (χ3n) is 3.28. The molecule has 3 rings (SSSR count). The number of aromatic nitrogens is 4. The summed E-state index contributed by atoms with van der Waals surface area (Å²) in [6, 6.07) is 5.15. The van der Waals surface area contributed by atoms with Crippen molar-refractivity contribution in [2.24, 2.45) is 7.05 Å². The number of amides is 1. The molecule has 0 spiro atoms. The zero-order valence-electron chi connectivity index (χ0n) is 12.2. The van der Waals surface area contributed by atoms with Crippen LogP contribution in [-0.4, -0.2) is 20.7 Å². The van der Waals surface area contributed by atoms with E-state index >= 15 is 0 Å². The minimum absolute atomic E-state index is 0.295. The van der Waals surface area contributed by atoms with E-state index in [9.17, 15) is 4.79 Å². The summed E-state index contributed by atoms with van der Waals surface area (Å²) in [5, 5.41) is 8.64. The Labute approximate surface area is 141 Å². The first kappa shape index (κ1) is 15.4. The Morgan fingerprint density at radius 3 is 3.00 bits per heavy atom. The van der Waals surface area contributed by atoms with Gasteiger partial charge >= 0.3 is 0 Å². The molecular weight excluding hydrogens is 336 g/mol. The van der Waals surface area contributed by atoms with Crippen LogP contribution in [0.4, 0.5) is 11.6 Å². The van der Waals surface area contributed by atoms with E-state index in [1.165, 1.54) is 11.3 Å². The summed E-state index contributed by atoms with van der Waals surface area (Å²) >= 11 is 7.19. The molecule has 0 aliphatic carbocycles. The maximum Gasteiger partial charge on any atom is 0.285 e. The monoisotopic (exact) mass is 349 g/mol. The van der Waals surface area contributed by atoms with E-state index in [-0.39, 0.29) is 5.91 Å². The summed E-state index contributed by atoms with van der Waals surface area (Å²) in [6.07, 6.45) is 3.40. The molecule has 9 heteroatoms. The fourth-order valence-electron chi connectivity index (χ4n) is 2.10. The van der Waals surface area contributed by atoms with Crippen LogP contribution in [0.5, 0.6) is 0 Å². The van der Waals surface area contributed by atoms with Gasteiger partial charge in [0.15, 0.2) is 4.47 Å². The van der Waals surface area contributed by atoms with Crippen LogP contribution in [-0.2, 0) is 13.6 Å². The molecule has 0 aromatic carbocycles. The standard InChI is InChI=1S/C14H13ClN6OS/c1-20-11(4-5-17-20)19-13(22)10-3-2-6-21(12(10)16)7-9-8-23-14(15)18-9/h2-6,8,16H,7H2,1H3,(H,17,19,22)/p+1. The normalized spacial score (nSPS) is 10.7. The molecule has 0 unspecified atom stereocenters. The number of anilines is 2. The van der Waals surface area contributed by atoms with Crippen molar-refractivity contribution in [3.05, 3.63) is 51.7 Å². The van der Waals surface area contributed by atoms with Gasteiger partial charge in [-0.05, 0) is 12.1 Å².